The summed E-state index contributed by atoms with van der Waals surface area (Å²) in [5.41, 5.74) is 3.51. The number of rotatable bonds is 1. The number of hydrogen-bond donors (Lipinski definition) is 2. The summed E-state index contributed by atoms with van der Waals surface area (Å²) in [6.07, 6.45) is 5.15. The SMILES string of the molecule is CC12CCC(c3[nH]c(C4CCCN4)nc31)C2(C)C. The third-order valence-corrected chi connectivity index (χ3v) is 6.24. The third-order valence-electron chi connectivity index (χ3n) is 6.24. The molecule has 1 aliphatic heterocycles. The lowest BCUT2D eigenvalue weighted by Crippen LogP contribution is -2.32. The van der Waals surface area contributed by atoms with Crippen LogP contribution in [0.3, 0.4) is 0 Å². The predicted octanol–water partition coefficient (Wildman–Crippen LogP) is 3.01. The Labute approximate surface area is 109 Å². The van der Waals surface area contributed by atoms with Gasteiger partial charge in [0.1, 0.15) is 5.82 Å². The van der Waals surface area contributed by atoms with Crippen molar-refractivity contribution in [2.24, 2.45) is 5.41 Å². The highest BCUT2D eigenvalue weighted by molar-refractivity contribution is 5.42. The van der Waals surface area contributed by atoms with Crippen LogP contribution in [0, 0.1) is 5.41 Å². The molecule has 1 aromatic rings. The molecule has 3 nitrogen and oxygen atoms in total. The largest absolute Gasteiger partial charge is 0.344 e. The Hall–Kier alpha value is -0.830. The Bertz CT molecular complexity index is 496. The van der Waals surface area contributed by atoms with Crippen molar-refractivity contribution in [2.45, 2.75) is 63.8 Å². The molecule has 0 spiro atoms. The molecule has 0 aromatic carbocycles. The van der Waals surface area contributed by atoms with Gasteiger partial charge in [-0.25, -0.2) is 4.98 Å². The number of nitrogens with zero attached hydrogens (tertiary/aromatic N) is 1. The van der Waals surface area contributed by atoms with Crippen LogP contribution in [0.1, 0.15) is 75.6 Å². The van der Waals surface area contributed by atoms with Crippen LogP contribution in [0.25, 0.3) is 0 Å². The van der Waals surface area contributed by atoms with Gasteiger partial charge in [0.2, 0.25) is 0 Å². The minimum Gasteiger partial charge on any atom is -0.344 e. The van der Waals surface area contributed by atoms with Crippen LogP contribution < -0.4 is 5.32 Å². The maximum atomic E-state index is 5.00. The molecule has 2 fully saturated rings. The summed E-state index contributed by atoms with van der Waals surface area (Å²) in [5, 5.41) is 3.55. The average Bonchev–Trinajstić information content (AvgIpc) is 3.02. The molecule has 3 heteroatoms. The van der Waals surface area contributed by atoms with E-state index >= 15 is 0 Å². The molecule has 3 atom stereocenters. The molecule has 1 aromatic heterocycles. The fourth-order valence-corrected chi connectivity index (χ4v) is 4.59. The molecule has 2 bridgehead atoms. The molecule has 4 rings (SSSR count). The highest BCUT2D eigenvalue weighted by atomic mass is 15.1. The first-order chi connectivity index (χ1) is 8.54. The number of nitrogens with one attached hydrogen (secondary N) is 2. The van der Waals surface area contributed by atoms with E-state index in [4.69, 9.17) is 4.98 Å². The number of H-pyrrole nitrogens is 1. The number of aromatic amines is 1. The second-order valence-corrected chi connectivity index (χ2v) is 7.18. The van der Waals surface area contributed by atoms with Crippen molar-refractivity contribution in [2.75, 3.05) is 6.54 Å². The van der Waals surface area contributed by atoms with Crippen LogP contribution in [0.2, 0.25) is 0 Å². The summed E-state index contributed by atoms with van der Waals surface area (Å²) >= 11 is 0. The van der Waals surface area contributed by atoms with Gasteiger partial charge in [-0.2, -0.15) is 0 Å². The van der Waals surface area contributed by atoms with Crippen molar-refractivity contribution in [3.63, 3.8) is 0 Å². The van der Waals surface area contributed by atoms with Gasteiger partial charge in [-0.15, -0.1) is 0 Å². The molecular formula is C15H23N3. The quantitative estimate of drug-likeness (QED) is 0.798. The topological polar surface area (TPSA) is 40.7 Å². The lowest BCUT2D eigenvalue weighted by molar-refractivity contribution is 0.225. The van der Waals surface area contributed by atoms with Crippen LogP contribution in [-0.4, -0.2) is 16.5 Å². The summed E-state index contributed by atoms with van der Waals surface area (Å²) in [6, 6.07) is 0.474. The van der Waals surface area contributed by atoms with Gasteiger partial charge < -0.3 is 10.3 Å². The summed E-state index contributed by atoms with van der Waals surface area (Å²) < 4.78 is 0. The second-order valence-electron chi connectivity index (χ2n) is 7.18. The molecule has 1 saturated heterocycles. The molecule has 2 heterocycles. The van der Waals surface area contributed by atoms with Crippen molar-refractivity contribution in [3.05, 3.63) is 17.2 Å². The van der Waals surface area contributed by atoms with Crippen molar-refractivity contribution in [1.82, 2.24) is 15.3 Å². The van der Waals surface area contributed by atoms with Crippen molar-refractivity contribution in [3.8, 4) is 0 Å². The summed E-state index contributed by atoms with van der Waals surface area (Å²) in [4.78, 5) is 8.68. The van der Waals surface area contributed by atoms with Gasteiger partial charge in [-0.05, 0) is 37.6 Å². The Morgan fingerprint density at radius 3 is 2.72 bits per heavy atom. The van der Waals surface area contributed by atoms with E-state index in [1.54, 1.807) is 0 Å². The van der Waals surface area contributed by atoms with E-state index in [1.807, 2.05) is 0 Å². The Balaban J connectivity index is 1.79. The minimum atomic E-state index is 0.292. The molecule has 2 N–H and O–H groups in total. The van der Waals surface area contributed by atoms with Crippen LogP contribution in [-0.2, 0) is 5.41 Å². The molecule has 1 saturated carbocycles. The highest BCUT2D eigenvalue weighted by Gasteiger charge is 2.61. The van der Waals surface area contributed by atoms with Gasteiger partial charge in [-0.3, -0.25) is 0 Å². The zero-order chi connectivity index (χ0) is 12.5. The normalized spacial score (nSPS) is 40.4. The molecule has 18 heavy (non-hydrogen) atoms. The van der Waals surface area contributed by atoms with Crippen LogP contribution in [0.5, 0.6) is 0 Å². The van der Waals surface area contributed by atoms with Crippen LogP contribution >= 0.6 is 0 Å². The van der Waals surface area contributed by atoms with Gasteiger partial charge >= 0.3 is 0 Å². The lowest BCUT2D eigenvalue weighted by atomic mass is 9.70. The van der Waals surface area contributed by atoms with Gasteiger partial charge in [-0.1, -0.05) is 20.8 Å². The molecule has 0 radical (unpaired) electrons. The van der Waals surface area contributed by atoms with Gasteiger partial charge in [0.25, 0.3) is 0 Å². The number of fused-ring (bicyclic) bond motifs is 5. The first kappa shape index (κ1) is 11.0. The summed E-state index contributed by atoms with van der Waals surface area (Å²) in [7, 11) is 0. The number of aromatic nitrogens is 2. The van der Waals surface area contributed by atoms with E-state index < -0.39 is 0 Å². The highest BCUT2D eigenvalue weighted by Crippen LogP contribution is 2.67. The van der Waals surface area contributed by atoms with Crippen molar-refractivity contribution >= 4 is 0 Å². The fourth-order valence-electron chi connectivity index (χ4n) is 4.59. The summed E-state index contributed by atoms with van der Waals surface area (Å²) in [5.74, 6) is 1.89. The van der Waals surface area contributed by atoms with Crippen LogP contribution in [0.15, 0.2) is 0 Å². The standard InChI is InChI=1S/C15H23N3/c1-14(2)9-6-7-15(14,3)12-11(9)17-13(18-12)10-5-4-8-16-10/h9-10,16H,4-8H2,1-3H3,(H,17,18). The number of imidazole rings is 1. The lowest BCUT2D eigenvalue weighted by Gasteiger charge is -2.34. The van der Waals surface area contributed by atoms with Crippen molar-refractivity contribution < 1.29 is 0 Å². The Kier molecular flexibility index (Phi) is 1.95. The maximum Gasteiger partial charge on any atom is 0.123 e. The van der Waals surface area contributed by atoms with Gasteiger partial charge in [0, 0.05) is 17.0 Å². The predicted molar refractivity (Wildman–Crippen MR) is 71.7 cm³/mol. The number of hydrogen-bond acceptors (Lipinski definition) is 2. The molecule has 3 unspecified atom stereocenters. The monoisotopic (exact) mass is 245 g/mol. The van der Waals surface area contributed by atoms with E-state index in [1.165, 1.54) is 42.9 Å². The maximum absolute atomic E-state index is 5.00. The van der Waals surface area contributed by atoms with E-state index in [9.17, 15) is 0 Å². The zero-order valence-electron chi connectivity index (χ0n) is 11.6. The first-order valence-corrected chi connectivity index (χ1v) is 7.38. The third kappa shape index (κ3) is 1.08. The fraction of sp³-hybridized carbons (Fsp3) is 0.800. The molecule has 98 valence electrons. The molecular weight excluding hydrogens is 222 g/mol. The Morgan fingerprint density at radius 2 is 2.06 bits per heavy atom. The minimum absolute atomic E-state index is 0.292. The Morgan fingerprint density at radius 1 is 1.22 bits per heavy atom. The summed E-state index contributed by atoms with van der Waals surface area (Å²) in [6.45, 7) is 8.41. The smallest absolute Gasteiger partial charge is 0.123 e. The molecule has 0 amide bonds. The second kappa shape index (κ2) is 3.19. The van der Waals surface area contributed by atoms with E-state index in [2.05, 4.69) is 31.1 Å². The van der Waals surface area contributed by atoms with E-state index in [0.717, 1.165) is 6.54 Å². The van der Waals surface area contributed by atoms with Gasteiger partial charge in [0.15, 0.2) is 0 Å². The van der Waals surface area contributed by atoms with E-state index in [0.29, 0.717) is 22.8 Å². The van der Waals surface area contributed by atoms with Crippen molar-refractivity contribution in [1.29, 1.82) is 0 Å². The zero-order valence-corrected chi connectivity index (χ0v) is 11.6. The van der Waals surface area contributed by atoms with E-state index in [-0.39, 0.29) is 0 Å². The van der Waals surface area contributed by atoms with Gasteiger partial charge in [0.05, 0.1) is 11.7 Å². The first-order valence-electron chi connectivity index (χ1n) is 7.38. The molecule has 3 aliphatic rings. The van der Waals surface area contributed by atoms with Crippen LogP contribution in [0.4, 0.5) is 0 Å². The average molecular weight is 245 g/mol. The molecule has 2 aliphatic carbocycles.